The summed E-state index contributed by atoms with van der Waals surface area (Å²) in [6.07, 6.45) is 9.27. The van der Waals surface area contributed by atoms with Crippen LogP contribution in [0.4, 0.5) is 0 Å². The van der Waals surface area contributed by atoms with Crippen molar-refractivity contribution in [2.45, 2.75) is 44.9 Å². The Morgan fingerprint density at radius 2 is 1.69 bits per heavy atom. The molecule has 0 aliphatic heterocycles. The lowest BCUT2D eigenvalue weighted by atomic mass is 9.86. The molecule has 2 rings (SSSR count). The lowest BCUT2D eigenvalue weighted by Gasteiger charge is -2.21. The van der Waals surface area contributed by atoms with Gasteiger partial charge in [0.1, 0.15) is 0 Å². The maximum Gasteiger partial charge on any atom is 0.0505 e. The van der Waals surface area contributed by atoms with Crippen molar-refractivity contribution in [3.05, 3.63) is 0 Å². The largest absolute Gasteiger partial charge is 0.396 e. The van der Waals surface area contributed by atoms with Gasteiger partial charge in [-0.25, -0.2) is 0 Å². The number of hydrogen-bond donors (Lipinski definition) is 2. The fourth-order valence-corrected chi connectivity index (χ4v) is 3.29. The van der Waals surface area contributed by atoms with Gasteiger partial charge in [0, 0.05) is 12.0 Å². The molecule has 13 heavy (non-hydrogen) atoms. The van der Waals surface area contributed by atoms with Gasteiger partial charge in [-0.1, -0.05) is 25.7 Å². The van der Waals surface area contributed by atoms with Crippen molar-refractivity contribution in [3.63, 3.8) is 0 Å². The highest BCUT2D eigenvalue weighted by atomic mass is 16.3. The molecule has 2 nitrogen and oxygen atoms in total. The third kappa shape index (κ3) is 1.31. The Kier molecular flexibility index (Phi) is 2.37. The molecule has 0 saturated heterocycles. The van der Waals surface area contributed by atoms with E-state index in [-0.39, 0.29) is 5.41 Å². The maximum absolute atomic E-state index is 9.39. The van der Waals surface area contributed by atoms with Crippen molar-refractivity contribution in [2.75, 3.05) is 13.2 Å². The van der Waals surface area contributed by atoms with Gasteiger partial charge < -0.3 is 10.8 Å². The summed E-state index contributed by atoms with van der Waals surface area (Å²) in [6.45, 7) is 0.993. The number of rotatable bonds is 2. The van der Waals surface area contributed by atoms with Gasteiger partial charge in [0.15, 0.2) is 0 Å². The Balaban J connectivity index is 2.05. The van der Waals surface area contributed by atoms with Gasteiger partial charge in [-0.05, 0) is 24.7 Å². The monoisotopic (exact) mass is 183 g/mol. The predicted octanol–water partition coefficient (Wildman–Crippen LogP) is 1.67. The highest BCUT2D eigenvalue weighted by Crippen LogP contribution is 2.68. The van der Waals surface area contributed by atoms with E-state index in [1.165, 1.54) is 44.9 Å². The predicted molar refractivity (Wildman–Crippen MR) is 53.3 cm³/mol. The van der Waals surface area contributed by atoms with E-state index in [2.05, 4.69) is 0 Å². The molecule has 1 spiro atoms. The fraction of sp³-hybridized carbons (Fsp3) is 1.00. The zero-order chi connectivity index (χ0) is 9.36. The molecule has 2 aliphatic carbocycles. The maximum atomic E-state index is 9.39. The molecule has 1 atom stereocenters. The third-order valence-corrected chi connectivity index (χ3v) is 4.43. The summed E-state index contributed by atoms with van der Waals surface area (Å²) in [5, 5.41) is 9.39. The van der Waals surface area contributed by atoms with Gasteiger partial charge in [0.05, 0.1) is 6.61 Å². The number of nitrogens with two attached hydrogens (primary N) is 1. The van der Waals surface area contributed by atoms with Gasteiger partial charge in [-0.3, -0.25) is 0 Å². The van der Waals surface area contributed by atoms with Gasteiger partial charge in [0.25, 0.3) is 0 Å². The summed E-state index contributed by atoms with van der Waals surface area (Å²) in [5.74, 6) is 0. The molecule has 2 fully saturated rings. The van der Waals surface area contributed by atoms with E-state index < -0.39 is 0 Å². The fourth-order valence-electron chi connectivity index (χ4n) is 3.29. The number of aliphatic hydroxyl groups excluding tert-OH is 1. The van der Waals surface area contributed by atoms with E-state index in [9.17, 15) is 5.11 Å². The van der Waals surface area contributed by atoms with Crippen LogP contribution in [0.5, 0.6) is 0 Å². The minimum atomic E-state index is 0.122. The average Bonchev–Trinajstić information content (AvgIpc) is 2.87. The molecule has 0 aromatic carbocycles. The first-order valence-electron chi connectivity index (χ1n) is 5.60. The molecule has 2 saturated carbocycles. The number of hydrogen-bond acceptors (Lipinski definition) is 2. The van der Waals surface area contributed by atoms with Crippen LogP contribution in [0.15, 0.2) is 0 Å². The standard InChI is InChI=1S/C11H21NO/c12-8-11(9-13)7-10(11)5-3-1-2-4-6-10/h13H,1-9,12H2. The third-order valence-electron chi connectivity index (χ3n) is 4.43. The Morgan fingerprint density at radius 1 is 1.08 bits per heavy atom. The van der Waals surface area contributed by atoms with E-state index >= 15 is 0 Å². The van der Waals surface area contributed by atoms with Crippen molar-refractivity contribution in [1.29, 1.82) is 0 Å². The summed E-state index contributed by atoms with van der Waals surface area (Å²) in [6, 6.07) is 0. The Bertz CT molecular complexity index is 173. The number of aliphatic hydroxyl groups is 1. The molecule has 0 aromatic rings. The van der Waals surface area contributed by atoms with Crippen LogP contribution in [0.3, 0.4) is 0 Å². The van der Waals surface area contributed by atoms with Crippen LogP contribution >= 0.6 is 0 Å². The van der Waals surface area contributed by atoms with Gasteiger partial charge >= 0.3 is 0 Å². The second-order valence-electron chi connectivity index (χ2n) is 5.01. The van der Waals surface area contributed by atoms with E-state index in [1.807, 2.05) is 0 Å². The SMILES string of the molecule is NCC1(CO)CC12CCCCCC2. The summed E-state index contributed by atoms with van der Waals surface area (Å²) in [5.41, 5.74) is 6.35. The van der Waals surface area contributed by atoms with E-state index in [1.54, 1.807) is 0 Å². The van der Waals surface area contributed by atoms with Crippen LogP contribution in [0.1, 0.15) is 44.9 Å². The van der Waals surface area contributed by atoms with E-state index in [0.717, 1.165) is 0 Å². The highest BCUT2D eigenvalue weighted by Gasteiger charge is 2.64. The minimum absolute atomic E-state index is 0.122. The van der Waals surface area contributed by atoms with Crippen LogP contribution in [0.25, 0.3) is 0 Å². The Morgan fingerprint density at radius 3 is 2.08 bits per heavy atom. The van der Waals surface area contributed by atoms with Crippen LogP contribution in [0, 0.1) is 10.8 Å². The van der Waals surface area contributed by atoms with Gasteiger partial charge in [-0.2, -0.15) is 0 Å². The van der Waals surface area contributed by atoms with Crippen molar-refractivity contribution in [1.82, 2.24) is 0 Å². The molecule has 3 N–H and O–H groups in total. The molecule has 0 amide bonds. The molecular formula is C11H21NO. The highest BCUT2D eigenvalue weighted by molar-refractivity contribution is 5.14. The van der Waals surface area contributed by atoms with Gasteiger partial charge in [0.2, 0.25) is 0 Å². The van der Waals surface area contributed by atoms with Crippen molar-refractivity contribution in [3.8, 4) is 0 Å². The first kappa shape index (κ1) is 9.47. The lowest BCUT2D eigenvalue weighted by Crippen LogP contribution is -2.27. The zero-order valence-corrected chi connectivity index (χ0v) is 8.39. The molecule has 0 aromatic heterocycles. The van der Waals surface area contributed by atoms with Gasteiger partial charge in [-0.15, -0.1) is 0 Å². The second-order valence-corrected chi connectivity index (χ2v) is 5.01. The smallest absolute Gasteiger partial charge is 0.0505 e. The molecule has 0 bridgehead atoms. The normalized spacial score (nSPS) is 37.4. The zero-order valence-electron chi connectivity index (χ0n) is 8.39. The van der Waals surface area contributed by atoms with E-state index in [0.29, 0.717) is 18.6 Å². The van der Waals surface area contributed by atoms with Crippen molar-refractivity contribution < 1.29 is 5.11 Å². The molecular weight excluding hydrogens is 162 g/mol. The molecule has 2 heteroatoms. The molecule has 76 valence electrons. The van der Waals surface area contributed by atoms with Crippen LogP contribution in [-0.4, -0.2) is 18.3 Å². The van der Waals surface area contributed by atoms with Crippen molar-refractivity contribution >= 4 is 0 Å². The first-order valence-corrected chi connectivity index (χ1v) is 5.60. The summed E-state index contributed by atoms with van der Waals surface area (Å²) < 4.78 is 0. The van der Waals surface area contributed by atoms with E-state index in [4.69, 9.17) is 5.73 Å². The molecule has 2 aliphatic rings. The Hall–Kier alpha value is -0.0800. The van der Waals surface area contributed by atoms with Crippen molar-refractivity contribution in [2.24, 2.45) is 16.6 Å². The molecule has 0 radical (unpaired) electrons. The molecule has 1 unspecified atom stereocenters. The quantitative estimate of drug-likeness (QED) is 0.684. The summed E-state index contributed by atoms with van der Waals surface area (Å²) >= 11 is 0. The summed E-state index contributed by atoms with van der Waals surface area (Å²) in [4.78, 5) is 0. The Labute approximate surface area is 80.5 Å². The lowest BCUT2D eigenvalue weighted by molar-refractivity contribution is 0.166. The van der Waals surface area contributed by atoms with Crippen LogP contribution < -0.4 is 5.73 Å². The molecule has 0 heterocycles. The summed E-state index contributed by atoms with van der Waals surface area (Å²) in [7, 11) is 0. The topological polar surface area (TPSA) is 46.2 Å². The minimum Gasteiger partial charge on any atom is -0.396 e. The first-order chi connectivity index (χ1) is 6.29. The van der Waals surface area contributed by atoms with Crippen LogP contribution in [-0.2, 0) is 0 Å². The average molecular weight is 183 g/mol. The second kappa shape index (κ2) is 3.25. The van der Waals surface area contributed by atoms with Crippen LogP contribution in [0.2, 0.25) is 0 Å².